The van der Waals surface area contributed by atoms with Crippen LogP contribution in [0.4, 0.5) is 0 Å². The molecule has 0 aliphatic rings. The fourth-order valence-corrected chi connectivity index (χ4v) is 2.12. The van der Waals surface area contributed by atoms with E-state index >= 15 is 0 Å². The lowest BCUT2D eigenvalue weighted by molar-refractivity contribution is 1.55. The second-order valence-electron chi connectivity index (χ2n) is 8.74. The molecule has 0 rings (SSSR count). The van der Waals surface area contributed by atoms with E-state index in [9.17, 15) is 0 Å². The molecule has 0 radical (unpaired) electrons. The van der Waals surface area contributed by atoms with E-state index in [-0.39, 0.29) is 0 Å². The molecule has 0 aliphatic carbocycles. The van der Waals surface area contributed by atoms with Crippen LogP contribution in [0.25, 0.3) is 0 Å². The van der Waals surface area contributed by atoms with Crippen molar-refractivity contribution in [1.82, 2.24) is 0 Å². The molecule has 0 fully saturated rings. The summed E-state index contributed by atoms with van der Waals surface area (Å²) >= 11 is 0. The van der Waals surface area contributed by atoms with Crippen LogP contribution in [0.2, 0.25) is 0 Å². The van der Waals surface area contributed by atoms with Gasteiger partial charge in [0.05, 0.1) is 0 Å². The molecule has 0 N–H and O–H groups in total. The number of hydrogen-bond acceptors (Lipinski definition) is 1. The molecule has 0 bridgehead atoms. The SMILES string of the molecule is CC#CC#CC#CC#CC#CC#CC#CC#CC#CC#CC#CC#CC#CC#CC#CC#CC#CC#CC#CC#CC#CC#CC#CC#CC#CC#CC#CC#CC#CC#CC#CC#CC#CC#CC#N. The topological polar surface area (TPSA) is 23.8 Å². The maximum absolute atomic E-state index is 8.21. The maximum Gasteiger partial charge on any atom is 0.153 e. The standard InChI is InChI=1S/C70H3N/c1-2-3-4-5-6-7-8-9-10-11-12-13-14-15-16-17-18-19-20-21-22-23-24-25-26-27-28-29-30-31-32-33-34-35-36-37-38-39-40-41-42-43-44-45-46-47-48-49-50-51-52-53-54-55-56-57-58-59-60-61-62-63-64-65-66-67-68-69-70-71/h1H3. The number of hydrogen-bond donors (Lipinski definition) is 0. The Hall–Kier alpha value is -15.5. The molecular formula is C70H3N. The van der Waals surface area contributed by atoms with E-state index < -0.39 is 0 Å². The van der Waals surface area contributed by atoms with E-state index in [2.05, 4.69) is 403 Å². The second-order valence-corrected chi connectivity index (χ2v) is 8.74. The third-order valence-electron chi connectivity index (χ3n) is 4.31. The van der Waals surface area contributed by atoms with Gasteiger partial charge in [-0.2, -0.15) is 5.26 Å². The highest BCUT2D eigenvalue weighted by Crippen LogP contribution is 1.64. The van der Waals surface area contributed by atoms with E-state index in [0.29, 0.717) is 0 Å². The van der Waals surface area contributed by atoms with Gasteiger partial charge in [0.1, 0.15) is 0 Å². The minimum atomic E-state index is 1.63. The van der Waals surface area contributed by atoms with E-state index in [1.54, 1.807) is 13.0 Å². The van der Waals surface area contributed by atoms with E-state index in [1.807, 2.05) is 0 Å². The Kier molecular flexibility index (Phi) is 42.6. The lowest BCUT2D eigenvalue weighted by Gasteiger charge is -1.57. The van der Waals surface area contributed by atoms with Crippen molar-refractivity contribution in [3.8, 4) is 409 Å². The molecule has 0 amide bonds. The van der Waals surface area contributed by atoms with Gasteiger partial charge >= 0.3 is 0 Å². The largest absolute Gasteiger partial charge is 0.183 e. The van der Waals surface area contributed by atoms with Crippen LogP contribution >= 0.6 is 0 Å². The first-order chi connectivity index (χ1) is 35.4. The molecule has 0 aromatic heterocycles. The third kappa shape index (κ3) is 54.5. The Morgan fingerprint density at radius 3 is 0.254 bits per heavy atom. The van der Waals surface area contributed by atoms with Crippen LogP contribution in [0.1, 0.15) is 6.92 Å². The number of nitriles is 1. The van der Waals surface area contributed by atoms with Crippen molar-refractivity contribution < 1.29 is 0 Å². The maximum atomic E-state index is 8.21. The van der Waals surface area contributed by atoms with Crippen molar-refractivity contribution in [3.05, 3.63) is 0 Å². The Morgan fingerprint density at radius 1 is 0.113 bits per heavy atom. The summed E-state index contributed by atoms with van der Waals surface area (Å²) in [5.74, 6) is 169. The van der Waals surface area contributed by atoms with Gasteiger partial charge in [0.15, 0.2) is 6.07 Å². The van der Waals surface area contributed by atoms with Crippen LogP contribution in [-0.2, 0) is 0 Å². The summed E-state index contributed by atoms with van der Waals surface area (Å²) in [7, 11) is 0. The second kappa shape index (κ2) is 54.5. The molecule has 288 valence electrons. The molecule has 0 aliphatic heterocycles. The molecule has 0 atom stereocenters. The van der Waals surface area contributed by atoms with Crippen molar-refractivity contribution in [3.63, 3.8) is 0 Å². The molecule has 0 saturated heterocycles. The van der Waals surface area contributed by atoms with Crippen molar-refractivity contribution in [2.24, 2.45) is 0 Å². The Morgan fingerprint density at radius 2 is 0.183 bits per heavy atom. The first-order valence-corrected chi connectivity index (χ1v) is 17.7. The fraction of sp³-hybridized carbons (Fsp3) is 0.0143. The molecule has 0 aromatic rings. The van der Waals surface area contributed by atoms with Crippen LogP contribution in [-0.4, -0.2) is 0 Å². The highest BCUT2D eigenvalue weighted by Gasteiger charge is 1.64. The summed E-state index contributed by atoms with van der Waals surface area (Å²) in [6.45, 7) is 1.68. The highest BCUT2D eigenvalue weighted by atomic mass is 14.2. The predicted octanol–water partition coefficient (Wildman–Crippen LogP) is 0.645. The van der Waals surface area contributed by atoms with Gasteiger partial charge in [-0.3, -0.25) is 0 Å². The van der Waals surface area contributed by atoms with Crippen LogP contribution in [0.5, 0.6) is 0 Å². The zero-order chi connectivity index (χ0) is 50.8. The van der Waals surface area contributed by atoms with Gasteiger partial charge in [-0.05, 0) is 54.3 Å². The number of nitrogens with zero attached hydrogens (tertiary/aromatic N) is 1. The average Bonchev–Trinajstić information content (AvgIpc) is 3.38. The third-order valence-corrected chi connectivity index (χ3v) is 4.31. The van der Waals surface area contributed by atoms with Crippen molar-refractivity contribution >= 4 is 0 Å². The highest BCUT2D eigenvalue weighted by molar-refractivity contribution is 5.53. The average molecular weight is 858 g/mol. The van der Waals surface area contributed by atoms with Crippen LogP contribution < -0.4 is 0 Å². The summed E-state index contributed by atoms with van der Waals surface area (Å²) in [6.07, 6.45) is 0. The summed E-state index contributed by atoms with van der Waals surface area (Å²) in [4.78, 5) is 0. The van der Waals surface area contributed by atoms with E-state index in [1.165, 1.54) is 0 Å². The summed E-state index contributed by atoms with van der Waals surface area (Å²) in [6, 6.07) is 1.63. The van der Waals surface area contributed by atoms with Gasteiger partial charge in [-0.25, -0.2) is 0 Å². The molecule has 1 heteroatoms. The Bertz CT molecular complexity index is 4680. The zero-order valence-electron chi connectivity index (χ0n) is 35.9. The van der Waals surface area contributed by atoms with Crippen LogP contribution in [0.3, 0.4) is 0 Å². The Labute approximate surface area is 418 Å². The monoisotopic (exact) mass is 857 g/mol. The summed E-state index contributed by atoms with van der Waals surface area (Å²) in [5, 5.41) is 8.21. The summed E-state index contributed by atoms with van der Waals surface area (Å²) < 4.78 is 0. The van der Waals surface area contributed by atoms with Crippen LogP contribution in [0, 0.1) is 414 Å². The first kappa shape index (κ1) is 55.5. The van der Waals surface area contributed by atoms with Gasteiger partial charge in [-0.1, -0.05) is 5.92 Å². The lowest BCUT2D eigenvalue weighted by Crippen LogP contribution is -1.57. The molecule has 0 saturated carbocycles. The van der Waals surface area contributed by atoms with Gasteiger partial charge in [0, 0.05) is 349 Å². The Balaban J connectivity index is 4.60. The molecule has 0 unspecified atom stereocenters. The van der Waals surface area contributed by atoms with E-state index in [0.717, 1.165) is 0 Å². The molecule has 71 heavy (non-hydrogen) atoms. The van der Waals surface area contributed by atoms with Crippen molar-refractivity contribution in [2.45, 2.75) is 6.92 Å². The van der Waals surface area contributed by atoms with E-state index in [4.69, 9.17) is 5.26 Å². The van der Waals surface area contributed by atoms with Gasteiger partial charge < -0.3 is 0 Å². The predicted molar refractivity (Wildman–Crippen MR) is 276 cm³/mol. The van der Waals surface area contributed by atoms with Crippen molar-refractivity contribution in [2.75, 3.05) is 0 Å². The molecule has 0 heterocycles. The smallest absolute Gasteiger partial charge is 0.153 e. The molecule has 0 spiro atoms. The summed E-state index contributed by atoms with van der Waals surface area (Å²) in [5.41, 5.74) is 0. The van der Waals surface area contributed by atoms with Crippen molar-refractivity contribution in [1.29, 1.82) is 5.26 Å². The van der Waals surface area contributed by atoms with Gasteiger partial charge in [0.25, 0.3) is 0 Å². The molecule has 1 nitrogen and oxygen atoms in total. The number of rotatable bonds is 0. The van der Waals surface area contributed by atoms with Gasteiger partial charge in [0.2, 0.25) is 0 Å². The fourth-order valence-electron chi connectivity index (χ4n) is 2.12. The zero-order valence-corrected chi connectivity index (χ0v) is 35.9. The minimum absolute atomic E-state index is 1.63. The first-order valence-electron chi connectivity index (χ1n) is 17.7. The molecular weight excluding hydrogens is 855 g/mol. The quantitative estimate of drug-likeness (QED) is 0.329. The lowest BCUT2D eigenvalue weighted by atomic mass is 10.4. The minimum Gasteiger partial charge on any atom is -0.183 e. The normalized spacial score (nSPS) is 3.94. The van der Waals surface area contributed by atoms with Crippen LogP contribution in [0.15, 0.2) is 0 Å². The van der Waals surface area contributed by atoms with Gasteiger partial charge in [-0.15, -0.1) is 0 Å². The molecule has 0 aromatic carbocycles.